The van der Waals surface area contributed by atoms with Gasteiger partial charge in [0.05, 0.1) is 0 Å². The third-order valence-electron chi connectivity index (χ3n) is 4.30. The molecular formula is C20H38N4O4. The maximum absolute atomic E-state index is 12.9. The number of hydrogen-bond acceptors (Lipinski definition) is 5. The third-order valence-corrected chi connectivity index (χ3v) is 4.30. The molecule has 3 amide bonds. The monoisotopic (exact) mass is 398 g/mol. The van der Waals surface area contributed by atoms with E-state index >= 15 is 0 Å². The molecule has 0 spiro atoms. The van der Waals surface area contributed by atoms with Gasteiger partial charge in [-0.25, -0.2) is 4.79 Å². The summed E-state index contributed by atoms with van der Waals surface area (Å²) in [5, 5.41) is 8.86. The van der Waals surface area contributed by atoms with Crippen molar-refractivity contribution in [3.8, 4) is 0 Å². The molecule has 0 aliphatic carbocycles. The molecule has 1 rings (SSSR count). The molecule has 1 fully saturated rings. The second-order valence-corrected chi connectivity index (χ2v) is 9.28. The number of rotatable bonds is 7. The fourth-order valence-corrected chi connectivity index (χ4v) is 2.75. The van der Waals surface area contributed by atoms with Gasteiger partial charge < -0.3 is 25.6 Å². The molecule has 0 aromatic rings. The lowest BCUT2D eigenvalue weighted by Crippen LogP contribution is -2.54. The minimum atomic E-state index is -0.621. The number of piperazine rings is 1. The van der Waals surface area contributed by atoms with Gasteiger partial charge in [0.25, 0.3) is 0 Å². The van der Waals surface area contributed by atoms with Crippen LogP contribution in [0.2, 0.25) is 0 Å². The SMILES string of the molecule is CC(C)(C)OC(=O)N[C@@H](CCCCNC(=O)C(C)(C)C)C(=O)N1CCNCC1. The van der Waals surface area contributed by atoms with Crippen molar-refractivity contribution < 1.29 is 19.1 Å². The number of unbranched alkanes of at least 4 members (excludes halogenated alkanes) is 1. The first-order valence-electron chi connectivity index (χ1n) is 10.2. The number of carbonyl (C=O) groups excluding carboxylic acids is 3. The van der Waals surface area contributed by atoms with Crippen LogP contribution in [0.25, 0.3) is 0 Å². The molecular weight excluding hydrogens is 360 g/mol. The Morgan fingerprint density at radius 3 is 2.18 bits per heavy atom. The van der Waals surface area contributed by atoms with E-state index in [0.29, 0.717) is 32.5 Å². The van der Waals surface area contributed by atoms with Gasteiger partial charge in [-0.1, -0.05) is 20.8 Å². The van der Waals surface area contributed by atoms with E-state index in [2.05, 4.69) is 16.0 Å². The van der Waals surface area contributed by atoms with Crippen molar-refractivity contribution in [1.82, 2.24) is 20.9 Å². The second kappa shape index (κ2) is 10.6. The van der Waals surface area contributed by atoms with E-state index in [4.69, 9.17) is 4.74 Å². The van der Waals surface area contributed by atoms with Crippen molar-refractivity contribution in [3.05, 3.63) is 0 Å². The standard InChI is InChI=1S/C20H38N4O4/c1-19(2,3)17(26)22-10-8-7-9-15(23-18(27)28-20(4,5)6)16(25)24-13-11-21-12-14-24/h15,21H,7-14H2,1-6H3,(H,22,26)(H,23,27)/t15-/m0/s1. The van der Waals surface area contributed by atoms with E-state index in [0.717, 1.165) is 19.5 Å². The highest BCUT2D eigenvalue weighted by Gasteiger charge is 2.28. The summed E-state index contributed by atoms with van der Waals surface area (Å²) in [6, 6.07) is -0.619. The number of amides is 3. The molecule has 1 heterocycles. The van der Waals surface area contributed by atoms with Gasteiger partial charge in [-0.2, -0.15) is 0 Å². The summed E-state index contributed by atoms with van der Waals surface area (Å²) in [5.41, 5.74) is -1.04. The molecule has 28 heavy (non-hydrogen) atoms. The molecule has 0 bridgehead atoms. The van der Waals surface area contributed by atoms with Crippen LogP contribution in [0.15, 0.2) is 0 Å². The van der Waals surface area contributed by atoms with Crippen LogP contribution in [0.4, 0.5) is 4.79 Å². The molecule has 0 unspecified atom stereocenters. The predicted octanol–water partition coefficient (Wildman–Crippen LogP) is 1.64. The van der Waals surface area contributed by atoms with E-state index in [1.54, 1.807) is 25.7 Å². The highest BCUT2D eigenvalue weighted by atomic mass is 16.6. The van der Waals surface area contributed by atoms with E-state index in [1.807, 2.05) is 20.8 Å². The van der Waals surface area contributed by atoms with Gasteiger partial charge in [-0.15, -0.1) is 0 Å². The van der Waals surface area contributed by atoms with Crippen LogP contribution < -0.4 is 16.0 Å². The Kier molecular flexibility index (Phi) is 9.20. The zero-order valence-corrected chi connectivity index (χ0v) is 18.3. The number of alkyl carbamates (subject to hydrolysis) is 1. The zero-order valence-electron chi connectivity index (χ0n) is 18.3. The van der Waals surface area contributed by atoms with Crippen molar-refractivity contribution in [2.75, 3.05) is 32.7 Å². The predicted molar refractivity (Wildman–Crippen MR) is 109 cm³/mol. The Hall–Kier alpha value is -1.83. The molecule has 0 aromatic heterocycles. The minimum Gasteiger partial charge on any atom is -0.444 e. The van der Waals surface area contributed by atoms with E-state index in [-0.39, 0.29) is 11.8 Å². The Morgan fingerprint density at radius 1 is 1.04 bits per heavy atom. The molecule has 8 nitrogen and oxygen atoms in total. The second-order valence-electron chi connectivity index (χ2n) is 9.28. The van der Waals surface area contributed by atoms with Gasteiger partial charge in [0.1, 0.15) is 11.6 Å². The molecule has 0 aromatic carbocycles. The molecule has 1 saturated heterocycles. The summed E-state index contributed by atoms with van der Waals surface area (Å²) in [7, 11) is 0. The van der Waals surface area contributed by atoms with E-state index in [1.165, 1.54) is 0 Å². The van der Waals surface area contributed by atoms with E-state index in [9.17, 15) is 14.4 Å². The number of carbonyl (C=O) groups is 3. The lowest BCUT2D eigenvalue weighted by atomic mass is 9.95. The largest absolute Gasteiger partial charge is 0.444 e. The van der Waals surface area contributed by atoms with Crippen molar-refractivity contribution in [1.29, 1.82) is 0 Å². The third kappa shape index (κ3) is 9.39. The number of ether oxygens (including phenoxy) is 1. The van der Waals surface area contributed by atoms with E-state index < -0.39 is 23.2 Å². The van der Waals surface area contributed by atoms with Gasteiger partial charge in [0, 0.05) is 38.1 Å². The Labute approximate surface area is 169 Å². The van der Waals surface area contributed by atoms with Crippen molar-refractivity contribution in [2.24, 2.45) is 5.41 Å². The fourth-order valence-electron chi connectivity index (χ4n) is 2.75. The number of nitrogens with one attached hydrogen (secondary N) is 3. The van der Waals surface area contributed by atoms with Gasteiger partial charge in [0.2, 0.25) is 11.8 Å². The van der Waals surface area contributed by atoms with Gasteiger partial charge in [0.15, 0.2) is 0 Å². The summed E-state index contributed by atoms with van der Waals surface area (Å²) in [5.74, 6) is -0.0705. The normalized spacial score (nSPS) is 16.3. The fraction of sp³-hybridized carbons (Fsp3) is 0.850. The van der Waals surface area contributed by atoms with Crippen LogP contribution in [-0.2, 0) is 14.3 Å². The summed E-state index contributed by atoms with van der Waals surface area (Å²) < 4.78 is 5.31. The Bertz CT molecular complexity index is 531. The summed E-state index contributed by atoms with van der Waals surface area (Å²) in [6.07, 6.45) is 1.38. The van der Waals surface area contributed by atoms with Crippen LogP contribution in [0.5, 0.6) is 0 Å². The van der Waals surface area contributed by atoms with Gasteiger partial charge in [-0.05, 0) is 40.0 Å². The van der Waals surface area contributed by atoms with Crippen molar-refractivity contribution in [3.63, 3.8) is 0 Å². The van der Waals surface area contributed by atoms with Crippen LogP contribution in [-0.4, -0.2) is 67.2 Å². The quantitative estimate of drug-likeness (QED) is 0.566. The lowest BCUT2D eigenvalue weighted by Gasteiger charge is -2.31. The van der Waals surface area contributed by atoms with Crippen LogP contribution >= 0.6 is 0 Å². The smallest absolute Gasteiger partial charge is 0.408 e. The Morgan fingerprint density at radius 2 is 1.64 bits per heavy atom. The van der Waals surface area contributed by atoms with Gasteiger partial charge in [-0.3, -0.25) is 9.59 Å². The summed E-state index contributed by atoms with van der Waals surface area (Å²) in [6.45, 7) is 14.3. The summed E-state index contributed by atoms with van der Waals surface area (Å²) >= 11 is 0. The molecule has 3 N–H and O–H groups in total. The molecule has 1 aliphatic rings. The van der Waals surface area contributed by atoms with Gasteiger partial charge >= 0.3 is 6.09 Å². The number of hydrogen-bond donors (Lipinski definition) is 3. The first-order valence-corrected chi connectivity index (χ1v) is 10.2. The molecule has 0 saturated carbocycles. The lowest BCUT2D eigenvalue weighted by molar-refractivity contribution is -0.134. The number of nitrogens with zero attached hydrogens (tertiary/aromatic N) is 1. The molecule has 162 valence electrons. The molecule has 1 aliphatic heterocycles. The first kappa shape index (κ1) is 24.2. The average molecular weight is 399 g/mol. The topological polar surface area (TPSA) is 99.8 Å². The zero-order chi connectivity index (χ0) is 21.4. The van der Waals surface area contributed by atoms with Crippen LogP contribution in [0.3, 0.4) is 0 Å². The molecule has 1 atom stereocenters. The van der Waals surface area contributed by atoms with Crippen LogP contribution in [0.1, 0.15) is 60.8 Å². The van der Waals surface area contributed by atoms with Crippen molar-refractivity contribution in [2.45, 2.75) is 72.4 Å². The Balaban J connectivity index is 2.56. The van der Waals surface area contributed by atoms with Crippen molar-refractivity contribution >= 4 is 17.9 Å². The first-order chi connectivity index (χ1) is 12.9. The highest BCUT2D eigenvalue weighted by Crippen LogP contribution is 2.13. The minimum absolute atomic E-state index is 0.00724. The maximum atomic E-state index is 12.9. The maximum Gasteiger partial charge on any atom is 0.408 e. The molecule has 0 radical (unpaired) electrons. The highest BCUT2D eigenvalue weighted by molar-refractivity contribution is 5.85. The molecule has 8 heteroatoms. The van der Waals surface area contributed by atoms with Crippen LogP contribution in [0, 0.1) is 5.41 Å². The average Bonchev–Trinajstić information content (AvgIpc) is 2.58. The summed E-state index contributed by atoms with van der Waals surface area (Å²) in [4.78, 5) is 38.7.